The zero-order valence-corrected chi connectivity index (χ0v) is 21.0. The van der Waals surface area contributed by atoms with E-state index in [1.54, 1.807) is 0 Å². The Balaban J connectivity index is 1.72. The standard InChI is InChI=1S/C28H28BrN2OP/c29-33(25-12-4-1-5-13-25,26-14-6-2-7-15-26,27-16-8-3-9-17-27)23-24-11-10-18-28(30-24)31-19-21-32-22-20-31/h1-18H,19-23H2. The molecule has 168 valence electrons. The Labute approximate surface area is 204 Å². The van der Waals surface area contributed by atoms with Gasteiger partial charge in [-0.2, -0.15) is 0 Å². The second kappa shape index (κ2) is 9.38. The van der Waals surface area contributed by atoms with Crippen LogP contribution in [0.4, 0.5) is 5.82 Å². The quantitative estimate of drug-likeness (QED) is 0.325. The minimum atomic E-state index is -3.05. The van der Waals surface area contributed by atoms with E-state index in [0.29, 0.717) is 0 Å². The Morgan fingerprint density at radius 2 is 1.15 bits per heavy atom. The van der Waals surface area contributed by atoms with E-state index in [2.05, 4.69) is 130 Å². The molecule has 0 bridgehead atoms. The number of benzene rings is 3. The number of hydrogen-bond donors (Lipinski definition) is 0. The van der Waals surface area contributed by atoms with E-state index in [1.807, 2.05) is 0 Å². The fourth-order valence-electron chi connectivity index (χ4n) is 4.77. The second-order valence-corrected chi connectivity index (χ2v) is 17.4. The second-order valence-electron chi connectivity index (χ2n) is 8.43. The van der Waals surface area contributed by atoms with Gasteiger partial charge >= 0.3 is 205 Å². The van der Waals surface area contributed by atoms with Gasteiger partial charge in [0.2, 0.25) is 0 Å². The molecule has 0 aliphatic carbocycles. The normalized spacial score (nSPS) is 15.5. The molecule has 1 fully saturated rings. The first kappa shape index (κ1) is 22.3. The third-order valence-electron chi connectivity index (χ3n) is 6.47. The van der Waals surface area contributed by atoms with E-state index >= 15 is 0 Å². The average molecular weight is 519 g/mol. The van der Waals surface area contributed by atoms with Crippen LogP contribution in [0.1, 0.15) is 5.69 Å². The Kier molecular flexibility index (Phi) is 6.34. The van der Waals surface area contributed by atoms with Gasteiger partial charge in [-0.05, 0) is 0 Å². The van der Waals surface area contributed by atoms with Crippen LogP contribution in [0.2, 0.25) is 0 Å². The molecule has 0 unspecified atom stereocenters. The maximum atomic E-state index is 5.55. The third-order valence-corrected chi connectivity index (χ3v) is 16.0. The molecule has 0 saturated carbocycles. The maximum absolute atomic E-state index is 5.55. The van der Waals surface area contributed by atoms with Gasteiger partial charge in [0.15, 0.2) is 0 Å². The molecule has 1 saturated heterocycles. The van der Waals surface area contributed by atoms with Crippen molar-refractivity contribution in [2.24, 2.45) is 0 Å². The molecule has 1 aliphatic rings. The number of aromatic nitrogens is 1. The van der Waals surface area contributed by atoms with Crippen molar-refractivity contribution in [2.45, 2.75) is 6.16 Å². The number of rotatable bonds is 6. The van der Waals surface area contributed by atoms with Gasteiger partial charge in [0.05, 0.1) is 0 Å². The first-order chi connectivity index (χ1) is 16.2. The third kappa shape index (κ3) is 4.12. The summed E-state index contributed by atoms with van der Waals surface area (Å²) in [6, 6.07) is 39.1. The average Bonchev–Trinajstić information content (AvgIpc) is 2.91. The van der Waals surface area contributed by atoms with Crippen molar-refractivity contribution in [1.29, 1.82) is 0 Å². The van der Waals surface area contributed by atoms with Crippen LogP contribution in [0, 0.1) is 0 Å². The van der Waals surface area contributed by atoms with Crippen LogP contribution in [-0.4, -0.2) is 31.3 Å². The molecule has 1 aromatic heterocycles. The molecule has 4 aromatic rings. The topological polar surface area (TPSA) is 25.4 Å². The van der Waals surface area contributed by atoms with Crippen LogP contribution in [0.25, 0.3) is 0 Å². The van der Waals surface area contributed by atoms with E-state index in [9.17, 15) is 0 Å². The Morgan fingerprint density at radius 3 is 1.64 bits per heavy atom. The van der Waals surface area contributed by atoms with E-state index in [1.165, 1.54) is 15.9 Å². The van der Waals surface area contributed by atoms with Crippen LogP contribution in [-0.2, 0) is 10.9 Å². The van der Waals surface area contributed by atoms with Gasteiger partial charge in [-0.1, -0.05) is 0 Å². The molecule has 0 spiro atoms. The summed E-state index contributed by atoms with van der Waals surface area (Å²) in [6.45, 7) is 3.26. The molecule has 1 aliphatic heterocycles. The molecule has 0 radical (unpaired) electrons. The number of nitrogens with zero attached hydrogens (tertiary/aromatic N) is 2. The summed E-state index contributed by atoms with van der Waals surface area (Å²) in [5, 5.41) is 0.865. The number of halogens is 1. The Morgan fingerprint density at radius 1 is 0.667 bits per heavy atom. The van der Waals surface area contributed by atoms with Crippen molar-refractivity contribution in [3.8, 4) is 0 Å². The Hall–Kier alpha value is -2.52. The molecule has 5 rings (SSSR count). The fraction of sp³-hybridized carbons (Fsp3) is 0.179. The number of pyridine rings is 1. The molecule has 3 nitrogen and oxygen atoms in total. The minimum absolute atomic E-state index is 0.752. The predicted octanol–water partition coefficient (Wildman–Crippen LogP) is 5.26. The van der Waals surface area contributed by atoms with Gasteiger partial charge in [-0.25, -0.2) is 0 Å². The summed E-state index contributed by atoms with van der Waals surface area (Å²) in [7, 11) is 0. The molecule has 3 aromatic carbocycles. The summed E-state index contributed by atoms with van der Waals surface area (Å²) in [6.07, 6.45) is 0.793. The van der Waals surface area contributed by atoms with Crippen molar-refractivity contribution < 1.29 is 4.74 Å². The van der Waals surface area contributed by atoms with Crippen LogP contribution in [0.3, 0.4) is 0 Å². The monoisotopic (exact) mass is 518 g/mol. The van der Waals surface area contributed by atoms with Crippen LogP contribution in [0.15, 0.2) is 109 Å². The van der Waals surface area contributed by atoms with Crippen molar-refractivity contribution >= 4 is 42.5 Å². The summed E-state index contributed by atoms with van der Waals surface area (Å²) in [5.74, 6) is 1.03. The van der Waals surface area contributed by atoms with Crippen LogP contribution >= 0.6 is 20.8 Å². The first-order valence-electron chi connectivity index (χ1n) is 11.4. The van der Waals surface area contributed by atoms with E-state index in [-0.39, 0.29) is 0 Å². The molecule has 5 heteroatoms. The van der Waals surface area contributed by atoms with Crippen LogP contribution < -0.4 is 20.8 Å². The first-order valence-corrected chi connectivity index (χ1v) is 15.8. The summed E-state index contributed by atoms with van der Waals surface area (Å²) in [4.78, 5) is 7.50. The van der Waals surface area contributed by atoms with Crippen molar-refractivity contribution in [3.63, 3.8) is 0 Å². The van der Waals surface area contributed by atoms with Gasteiger partial charge in [0, 0.05) is 0 Å². The molecule has 0 N–H and O–H groups in total. The van der Waals surface area contributed by atoms with Gasteiger partial charge < -0.3 is 0 Å². The van der Waals surface area contributed by atoms with E-state index in [4.69, 9.17) is 9.72 Å². The number of hydrogen-bond acceptors (Lipinski definition) is 3. The summed E-state index contributed by atoms with van der Waals surface area (Å²) >= 11 is 4.53. The molecule has 2 heterocycles. The molecular weight excluding hydrogens is 491 g/mol. The Bertz CT molecular complexity index is 1100. The van der Waals surface area contributed by atoms with Gasteiger partial charge in [0.1, 0.15) is 0 Å². The van der Waals surface area contributed by atoms with Gasteiger partial charge in [-0.15, -0.1) is 0 Å². The fourth-order valence-corrected chi connectivity index (χ4v) is 12.3. The predicted molar refractivity (Wildman–Crippen MR) is 145 cm³/mol. The molecule has 33 heavy (non-hydrogen) atoms. The molecular formula is C28H28BrN2OP. The van der Waals surface area contributed by atoms with Crippen molar-refractivity contribution in [2.75, 3.05) is 31.2 Å². The zero-order valence-electron chi connectivity index (χ0n) is 18.6. The van der Waals surface area contributed by atoms with E-state index < -0.39 is 5.31 Å². The van der Waals surface area contributed by atoms with Crippen molar-refractivity contribution in [3.05, 3.63) is 115 Å². The van der Waals surface area contributed by atoms with Gasteiger partial charge in [0.25, 0.3) is 0 Å². The van der Waals surface area contributed by atoms with Crippen LogP contribution in [0.5, 0.6) is 0 Å². The van der Waals surface area contributed by atoms with E-state index in [0.717, 1.165) is 44.0 Å². The van der Waals surface area contributed by atoms with Crippen molar-refractivity contribution in [1.82, 2.24) is 4.98 Å². The zero-order chi connectivity index (χ0) is 22.6. The number of anilines is 1. The van der Waals surface area contributed by atoms with Gasteiger partial charge in [-0.3, -0.25) is 0 Å². The SMILES string of the molecule is BrP(Cc1cccc(N2CCOCC2)n1)(c1ccccc1)(c1ccccc1)c1ccccc1. The number of morpholine rings is 1. The molecule has 0 amide bonds. The molecule has 0 atom stereocenters. The summed E-state index contributed by atoms with van der Waals surface area (Å²) < 4.78 is 5.55. The number of ether oxygens (including phenoxy) is 1. The summed E-state index contributed by atoms with van der Waals surface area (Å²) in [5.41, 5.74) is 1.09.